The molecule has 0 fully saturated rings. The number of hydrogen-bond acceptors (Lipinski definition) is 6. The lowest BCUT2D eigenvalue weighted by molar-refractivity contribution is 0.0786. The molecule has 0 aliphatic rings. The second kappa shape index (κ2) is 10.7. The zero-order valence-electron chi connectivity index (χ0n) is 19.8. The van der Waals surface area contributed by atoms with Gasteiger partial charge in [0.2, 0.25) is 0 Å². The van der Waals surface area contributed by atoms with E-state index in [4.69, 9.17) is 21.3 Å². The molecule has 35 heavy (non-hydrogen) atoms. The van der Waals surface area contributed by atoms with Gasteiger partial charge < -0.3 is 20.1 Å². The highest BCUT2D eigenvalue weighted by molar-refractivity contribution is 6.31. The lowest BCUT2D eigenvalue weighted by Crippen LogP contribution is -2.29. The van der Waals surface area contributed by atoms with E-state index in [1.54, 1.807) is 43.7 Å². The van der Waals surface area contributed by atoms with Crippen LogP contribution >= 0.6 is 11.6 Å². The fourth-order valence-electron chi connectivity index (χ4n) is 3.72. The minimum atomic E-state index is -0.253. The van der Waals surface area contributed by atoms with Gasteiger partial charge in [-0.15, -0.1) is 0 Å². The van der Waals surface area contributed by atoms with E-state index in [0.29, 0.717) is 57.3 Å². The quantitative estimate of drug-likeness (QED) is 0.346. The normalized spacial score (nSPS) is 11.1. The molecule has 1 aromatic carbocycles. The third-order valence-electron chi connectivity index (χ3n) is 5.61. The highest BCUT2D eigenvalue weighted by Crippen LogP contribution is 2.28. The predicted molar refractivity (Wildman–Crippen MR) is 136 cm³/mol. The lowest BCUT2D eigenvalue weighted by atomic mass is 10.0. The molecule has 0 aliphatic heterocycles. The van der Waals surface area contributed by atoms with Crippen LogP contribution < -0.4 is 15.6 Å². The Kier molecular flexibility index (Phi) is 7.48. The number of hydrogen-bond donors (Lipinski definition) is 2. The molecule has 0 saturated carbocycles. The van der Waals surface area contributed by atoms with Crippen LogP contribution in [0.1, 0.15) is 22.8 Å². The monoisotopic (exact) mass is 494 g/mol. The van der Waals surface area contributed by atoms with Crippen LogP contribution in [0.3, 0.4) is 0 Å². The van der Waals surface area contributed by atoms with Crippen molar-refractivity contribution in [3.05, 3.63) is 75.3 Å². The van der Waals surface area contributed by atoms with Crippen LogP contribution in [0, 0.1) is 0 Å². The van der Waals surface area contributed by atoms with E-state index in [0.717, 1.165) is 6.54 Å². The molecule has 0 aliphatic carbocycles. The van der Waals surface area contributed by atoms with Gasteiger partial charge in [-0.25, -0.2) is 4.98 Å². The van der Waals surface area contributed by atoms with Gasteiger partial charge in [0.1, 0.15) is 12.4 Å². The number of aryl methyl sites for hydroxylation is 1. The summed E-state index contributed by atoms with van der Waals surface area (Å²) in [5, 5.41) is 7.07. The molecule has 0 bridgehead atoms. The first kappa shape index (κ1) is 24.4. The number of rotatable bonds is 9. The fourth-order valence-corrected chi connectivity index (χ4v) is 3.90. The Morgan fingerprint density at radius 3 is 2.74 bits per heavy atom. The largest absolute Gasteiger partial charge is 0.491 e. The maximum Gasteiger partial charge on any atom is 0.271 e. The van der Waals surface area contributed by atoms with Crippen molar-refractivity contribution in [1.82, 2.24) is 30.0 Å². The molecule has 4 rings (SSSR count). The van der Waals surface area contributed by atoms with Crippen molar-refractivity contribution in [3.8, 4) is 17.1 Å². The molecular weight excluding hydrogens is 468 g/mol. The SMILES string of the molecule is CCn1[nH]cc(CN(C)C(=O)c2cc(-c3ccc(OCCNC)cn3)nc3ccc(Cl)cc23)c1=O. The Balaban J connectivity index is 1.68. The topological polar surface area (TPSA) is 105 Å². The van der Waals surface area contributed by atoms with E-state index >= 15 is 0 Å². The van der Waals surface area contributed by atoms with Crippen molar-refractivity contribution in [1.29, 1.82) is 0 Å². The first-order valence-electron chi connectivity index (χ1n) is 11.3. The molecule has 0 atom stereocenters. The number of pyridine rings is 2. The highest BCUT2D eigenvalue weighted by Gasteiger charge is 2.20. The Bertz CT molecular complexity index is 1400. The van der Waals surface area contributed by atoms with Crippen LogP contribution in [0.2, 0.25) is 5.02 Å². The number of amides is 1. The highest BCUT2D eigenvalue weighted by atomic mass is 35.5. The van der Waals surface area contributed by atoms with Gasteiger partial charge in [-0.2, -0.15) is 0 Å². The van der Waals surface area contributed by atoms with Crippen LogP contribution in [0.4, 0.5) is 0 Å². The first-order valence-corrected chi connectivity index (χ1v) is 11.7. The molecule has 4 aromatic rings. The molecule has 182 valence electrons. The summed E-state index contributed by atoms with van der Waals surface area (Å²) in [6.07, 6.45) is 3.27. The van der Waals surface area contributed by atoms with Crippen LogP contribution in [0.5, 0.6) is 5.75 Å². The maximum atomic E-state index is 13.5. The smallest absolute Gasteiger partial charge is 0.271 e. The van der Waals surface area contributed by atoms with Gasteiger partial charge in [0, 0.05) is 36.7 Å². The Morgan fingerprint density at radius 1 is 1.23 bits per heavy atom. The minimum absolute atomic E-state index is 0.142. The average Bonchev–Trinajstić information content (AvgIpc) is 3.22. The number of ether oxygens (including phenoxy) is 1. The second-order valence-electron chi connectivity index (χ2n) is 8.06. The molecular formula is C25H27ClN6O3. The number of aromatic nitrogens is 4. The Morgan fingerprint density at radius 2 is 2.06 bits per heavy atom. The number of fused-ring (bicyclic) bond motifs is 1. The molecule has 0 unspecified atom stereocenters. The summed E-state index contributed by atoms with van der Waals surface area (Å²) in [7, 11) is 3.52. The summed E-state index contributed by atoms with van der Waals surface area (Å²) < 4.78 is 7.13. The molecule has 0 saturated heterocycles. The summed E-state index contributed by atoms with van der Waals surface area (Å²) in [6, 6.07) is 10.6. The maximum absolute atomic E-state index is 13.5. The number of halogens is 1. The van der Waals surface area contributed by atoms with Gasteiger partial charge in [0.15, 0.2) is 0 Å². The van der Waals surface area contributed by atoms with Crippen molar-refractivity contribution < 1.29 is 9.53 Å². The third-order valence-corrected chi connectivity index (χ3v) is 5.84. The molecule has 3 aromatic heterocycles. The Labute approximate surface area is 207 Å². The van der Waals surface area contributed by atoms with Gasteiger partial charge in [-0.3, -0.25) is 19.3 Å². The van der Waals surface area contributed by atoms with E-state index in [9.17, 15) is 9.59 Å². The van der Waals surface area contributed by atoms with E-state index in [2.05, 4.69) is 15.4 Å². The number of carbonyl (C=O) groups is 1. The van der Waals surface area contributed by atoms with Gasteiger partial charge >= 0.3 is 0 Å². The van der Waals surface area contributed by atoms with Crippen molar-refractivity contribution in [2.45, 2.75) is 20.0 Å². The average molecular weight is 495 g/mol. The van der Waals surface area contributed by atoms with E-state index in [-0.39, 0.29) is 18.0 Å². The van der Waals surface area contributed by atoms with Crippen LogP contribution in [-0.2, 0) is 13.1 Å². The first-order chi connectivity index (χ1) is 16.9. The molecule has 3 heterocycles. The van der Waals surface area contributed by atoms with E-state index < -0.39 is 0 Å². The number of nitrogens with zero attached hydrogens (tertiary/aromatic N) is 4. The second-order valence-corrected chi connectivity index (χ2v) is 8.49. The zero-order chi connectivity index (χ0) is 24.9. The number of likely N-dealkylation sites (N-methyl/N-ethyl adjacent to an activating group) is 1. The minimum Gasteiger partial charge on any atom is -0.491 e. The summed E-state index contributed by atoms with van der Waals surface area (Å²) in [4.78, 5) is 36.7. The molecule has 2 N–H and O–H groups in total. The standard InChI is InChI=1S/C25H27ClN6O3/c1-4-32-24(33)16(13-29-32)15-31(3)25(34)20-12-23(30-21-7-5-17(26)11-19(20)21)22-8-6-18(14-28-22)35-10-9-27-2/h5-8,11-14,27,29H,4,9-10,15H2,1-3H3. The number of aromatic amines is 1. The van der Waals surface area contributed by atoms with Crippen molar-refractivity contribution >= 4 is 28.4 Å². The molecule has 0 spiro atoms. The summed E-state index contributed by atoms with van der Waals surface area (Å²) in [5.74, 6) is 0.397. The van der Waals surface area contributed by atoms with Gasteiger partial charge in [0.05, 0.1) is 40.8 Å². The number of carbonyl (C=O) groups excluding carboxylic acids is 1. The van der Waals surface area contributed by atoms with Gasteiger partial charge in [-0.1, -0.05) is 11.6 Å². The van der Waals surface area contributed by atoms with Crippen LogP contribution in [0.25, 0.3) is 22.3 Å². The third kappa shape index (κ3) is 5.36. The number of H-pyrrole nitrogens is 1. The lowest BCUT2D eigenvalue weighted by Gasteiger charge is -2.18. The van der Waals surface area contributed by atoms with Gasteiger partial charge in [-0.05, 0) is 50.4 Å². The van der Waals surface area contributed by atoms with E-state index in [1.807, 2.05) is 26.1 Å². The van der Waals surface area contributed by atoms with Crippen molar-refractivity contribution in [3.63, 3.8) is 0 Å². The van der Waals surface area contributed by atoms with Crippen molar-refractivity contribution in [2.24, 2.45) is 0 Å². The van der Waals surface area contributed by atoms with E-state index in [1.165, 1.54) is 9.58 Å². The fraction of sp³-hybridized carbons (Fsp3) is 0.280. The molecule has 9 nitrogen and oxygen atoms in total. The zero-order valence-corrected chi connectivity index (χ0v) is 20.6. The predicted octanol–water partition coefficient (Wildman–Crippen LogP) is 3.33. The Hall–Kier alpha value is -3.69. The number of benzene rings is 1. The summed E-state index contributed by atoms with van der Waals surface area (Å²) in [5.41, 5.74) is 2.57. The molecule has 0 radical (unpaired) electrons. The summed E-state index contributed by atoms with van der Waals surface area (Å²) in [6.45, 7) is 3.82. The molecule has 1 amide bonds. The number of nitrogens with one attached hydrogen (secondary N) is 2. The van der Waals surface area contributed by atoms with Gasteiger partial charge in [0.25, 0.3) is 11.5 Å². The van der Waals surface area contributed by atoms with Crippen molar-refractivity contribution in [2.75, 3.05) is 27.2 Å². The summed E-state index contributed by atoms with van der Waals surface area (Å²) >= 11 is 6.24. The molecule has 10 heteroatoms. The van der Waals surface area contributed by atoms with Crippen LogP contribution in [-0.4, -0.2) is 57.8 Å². The van der Waals surface area contributed by atoms with Crippen LogP contribution in [0.15, 0.2) is 53.6 Å².